The molecular weight excluding hydrogens is 292 g/mol. The third-order valence-corrected chi connectivity index (χ3v) is 4.26. The second-order valence-electron chi connectivity index (χ2n) is 4.18. The molecule has 0 spiro atoms. The van der Waals surface area contributed by atoms with E-state index in [0.717, 1.165) is 32.7 Å². The highest BCUT2D eigenvalue weighted by Crippen LogP contribution is 2.33. The molecule has 0 bridgehead atoms. The molecule has 3 rings (SSSR count). The van der Waals surface area contributed by atoms with Crippen molar-refractivity contribution in [3.8, 4) is 27.0 Å². The van der Waals surface area contributed by atoms with Crippen LogP contribution in [0.1, 0.15) is 5.69 Å². The van der Waals surface area contributed by atoms with Crippen LogP contribution in [0.15, 0.2) is 24.3 Å². The van der Waals surface area contributed by atoms with Crippen LogP contribution < -0.4 is 4.74 Å². The van der Waals surface area contributed by atoms with Gasteiger partial charge in [0, 0.05) is 5.56 Å². The van der Waals surface area contributed by atoms with Gasteiger partial charge in [0.15, 0.2) is 5.82 Å². The van der Waals surface area contributed by atoms with E-state index < -0.39 is 0 Å². The summed E-state index contributed by atoms with van der Waals surface area (Å²) >= 11 is 6.56. The van der Waals surface area contributed by atoms with Crippen molar-refractivity contribution < 1.29 is 4.74 Å². The smallest absolute Gasteiger partial charge is 0.213 e. The zero-order valence-corrected chi connectivity index (χ0v) is 12.6. The summed E-state index contributed by atoms with van der Waals surface area (Å²) in [6.45, 7) is 1.96. The van der Waals surface area contributed by atoms with Crippen LogP contribution in [0.3, 0.4) is 0 Å². The lowest BCUT2D eigenvalue weighted by molar-refractivity contribution is 0.415. The van der Waals surface area contributed by atoms with Crippen molar-refractivity contribution in [2.45, 2.75) is 6.92 Å². The van der Waals surface area contributed by atoms with Crippen LogP contribution in [0.2, 0.25) is 0 Å². The molecule has 0 radical (unpaired) electrons. The first-order chi connectivity index (χ1) is 9.67. The SMILES string of the molecule is COc1ccc(-c2nc(C)c(-c3nc(=S)[nH][nH]3)s2)cc1. The van der Waals surface area contributed by atoms with Crippen molar-refractivity contribution in [1.29, 1.82) is 0 Å². The Bertz CT molecular complexity index is 785. The van der Waals surface area contributed by atoms with Crippen molar-refractivity contribution in [3.63, 3.8) is 0 Å². The molecule has 3 aromatic rings. The highest BCUT2D eigenvalue weighted by Gasteiger charge is 2.13. The average molecular weight is 304 g/mol. The summed E-state index contributed by atoms with van der Waals surface area (Å²) in [6, 6.07) is 7.84. The number of nitrogens with zero attached hydrogens (tertiary/aromatic N) is 2. The molecular formula is C13H12N4OS2. The third kappa shape index (κ3) is 2.37. The number of benzene rings is 1. The highest BCUT2D eigenvalue weighted by atomic mass is 32.1. The van der Waals surface area contributed by atoms with Gasteiger partial charge in [-0.15, -0.1) is 11.3 Å². The summed E-state index contributed by atoms with van der Waals surface area (Å²) in [5.74, 6) is 1.56. The van der Waals surface area contributed by atoms with Gasteiger partial charge in [0.2, 0.25) is 4.77 Å². The van der Waals surface area contributed by atoms with Gasteiger partial charge in [-0.3, -0.25) is 10.2 Å². The van der Waals surface area contributed by atoms with Crippen LogP contribution >= 0.6 is 23.6 Å². The van der Waals surface area contributed by atoms with E-state index >= 15 is 0 Å². The lowest BCUT2D eigenvalue weighted by Gasteiger charge is -1.99. The number of aromatic amines is 2. The molecule has 0 unspecified atom stereocenters. The highest BCUT2D eigenvalue weighted by molar-refractivity contribution is 7.71. The molecule has 2 aromatic heterocycles. The molecule has 0 atom stereocenters. The summed E-state index contributed by atoms with van der Waals surface area (Å²) in [6.07, 6.45) is 0. The number of aromatic nitrogens is 4. The van der Waals surface area contributed by atoms with Gasteiger partial charge >= 0.3 is 0 Å². The topological polar surface area (TPSA) is 66.6 Å². The summed E-state index contributed by atoms with van der Waals surface area (Å²) in [7, 11) is 1.65. The molecule has 0 fully saturated rings. The lowest BCUT2D eigenvalue weighted by Crippen LogP contribution is -1.82. The quantitative estimate of drug-likeness (QED) is 0.726. The molecule has 5 nitrogen and oxygen atoms in total. The Morgan fingerprint density at radius 3 is 2.50 bits per heavy atom. The van der Waals surface area contributed by atoms with Crippen molar-refractivity contribution in [1.82, 2.24) is 20.2 Å². The number of ether oxygens (including phenoxy) is 1. The first-order valence-electron chi connectivity index (χ1n) is 5.94. The molecule has 2 N–H and O–H groups in total. The normalized spacial score (nSPS) is 10.7. The molecule has 102 valence electrons. The minimum Gasteiger partial charge on any atom is -0.497 e. The Kier molecular flexibility index (Phi) is 3.37. The Hall–Kier alpha value is -1.99. The Balaban J connectivity index is 2.01. The van der Waals surface area contributed by atoms with Gasteiger partial charge < -0.3 is 4.74 Å². The maximum Gasteiger partial charge on any atom is 0.213 e. The molecule has 0 saturated carbocycles. The van der Waals surface area contributed by atoms with Gasteiger partial charge in [-0.25, -0.2) is 4.98 Å². The molecule has 0 amide bonds. The molecule has 0 saturated heterocycles. The first kappa shape index (κ1) is 13.0. The van der Waals surface area contributed by atoms with Crippen LogP contribution in [0, 0.1) is 11.7 Å². The van der Waals surface area contributed by atoms with Crippen LogP contribution in [0.25, 0.3) is 21.3 Å². The van der Waals surface area contributed by atoms with Gasteiger partial charge in [0.25, 0.3) is 0 Å². The number of aryl methyl sites for hydroxylation is 1. The predicted molar refractivity (Wildman–Crippen MR) is 81.6 cm³/mol. The van der Waals surface area contributed by atoms with Gasteiger partial charge in [-0.1, -0.05) is 0 Å². The maximum atomic E-state index is 5.16. The minimum atomic E-state index is 0.443. The largest absolute Gasteiger partial charge is 0.497 e. The monoisotopic (exact) mass is 304 g/mol. The van der Waals surface area contributed by atoms with E-state index in [1.807, 2.05) is 31.2 Å². The van der Waals surface area contributed by atoms with Crippen molar-refractivity contribution in [2.75, 3.05) is 7.11 Å². The fourth-order valence-electron chi connectivity index (χ4n) is 1.85. The second-order valence-corrected chi connectivity index (χ2v) is 5.56. The van der Waals surface area contributed by atoms with Crippen LogP contribution in [0.5, 0.6) is 5.75 Å². The number of hydrogen-bond donors (Lipinski definition) is 2. The second kappa shape index (κ2) is 5.18. The zero-order valence-electron chi connectivity index (χ0n) is 10.9. The van der Waals surface area contributed by atoms with Crippen molar-refractivity contribution in [3.05, 3.63) is 34.7 Å². The Morgan fingerprint density at radius 2 is 1.90 bits per heavy atom. The van der Waals surface area contributed by atoms with E-state index in [2.05, 4.69) is 20.2 Å². The fourth-order valence-corrected chi connectivity index (χ4v) is 3.01. The average Bonchev–Trinajstić information content (AvgIpc) is 3.05. The van der Waals surface area contributed by atoms with Gasteiger partial charge in [-0.2, -0.15) is 4.98 Å². The van der Waals surface area contributed by atoms with Crippen LogP contribution in [-0.2, 0) is 0 Å². The fraction of sp³-hybridized carbons (Fsp3) is 0.154. The van der Waals surface area contributed by atoms with E-state index in [9.17, 15) is 0 Å². The maximum absolute atomic E-state index is 5.16. The van der Waals surface area contributed by atoms with Crippen LogP contribution in [-0.4, -0.2) is 27.3 Å². The predicted octanol–water partition coefficient (Wildman–Crippen LogP) is 3.57. The standard InChI is InChI=1S/C13H12N4OS2/c1-7-10(11-15-13(19)17-16-11)20-12(14-7)8-3-5-9(18-2)6-4-8/h3-6H,1-2H3,(H2,15,16,17,19). The number of rotatable bonds is 3. The molecule has 20 heavy (non-hydrogen) atoms. The molecule has 1 aromatic carbocycles. The van der Waals surface area contributed by atoms with E-state index in [4.69, 9.17) is 17.0 Å². The van der Waals surface area contributed by atoms with E-state index in [0.29, 0.717) is 4.77 Å². The number of nitrogens with one attached hydrogen (secondary N) is 2. The van der Waals surface area contributed by atoms with E-state index in [1.54, 1.807) is 18.4 Å². The minimum absolute atomic E-state index is 0.443. The Morgan fingerprint density at radius 1 is 1.15 bits per heavy atom. The van der Waals surface area contributed by atoms with Gasteiger partial charge in [-0.05, 0) is 43.4 Å². The van der Waals surface area contributed by atoms with Crippen molar-refractivity contribution in [2.24, 2.45) is 0 Å². The Labute approximate surface area is 124 Å². The summed E-state index contributed by atoms with van der Waals surface area (Å²) in [4.78, 5) is 9.81. The molecule has 0 aliphatic heterocycles. The van der Waals surface area contributed by atoms with Gasteiger partial charge in [0.05, 0.1) is 17.7 Å². The van der Waals surface area contributed by atoms with Crippen LogP contribution in [0.4, 0.5) is 0 Å². The van der Waals surface area contributed by atoms with E-state index in [-0.39, 0.29) is 0 Å². The van der Waals surface area contributed by atoms with E-state index in [1.165, 1.54) is 0 Å². The van der Waals surface area contributed by atoms with Gasteiger partial charge in [0.1, 0.15) is 10.8 Å². The summed E-state index contributed by atoms with van der Waals surface area (Å²) in [5.41, 5.74) is 1.98. The molecule has 2 heterocycles. The number of thiazole rings is 1. The summed E-state index contributed by atoms with van der Waals surface area (Å²) < 4.78 is 5.60. The lowest BCUT2D eigenvalue weighted by atomic mass is 10.2. The number of H-pyrrole nitrogens is 2. The van der Waals surface area contributed by atoms with Crippen molar-refractivity contribution >= 4 is 23.6 Å². The number of methoxy groups -OCH3 is 1. The first-order valence-corrected chi connectivity index (χ1v) is 7.17. The third-order valence-electron chi connectivity index (χ3n) is 2.85. The molecule has 0 aliphatic rings. The molecule has 7 heteroatoms. The number of hydrogen-bond acceptors (Lipinski definition) is 5. The zero-order chi connectivity index (χ0) is 14.1. The molecule has 0 aliphatic carbocycles. The summed E-state index contributed by atoms with van der Waals surface area (Å²) in [5, 5.41) is 6.70.